The number of aromatic carboxylic acids is 1. The Balaban J connectivity index is 0.000000803. The standard InChI is InChI=1S/C14H23N3O2.C8H8ClNO2.C8H6FNO.C8H9NO3.C6H16N2.Cl2OS/c1-5-17(6-2)8-7-15-14(19)13-10(3)12(9-18)16-11(13)4;1-4-6(3-11)10-5(2)7(4)8(9)12;9-6-1-2-7-5(3-6)4-8(11)10-7;1-4-6(3-10)9-5(2)7(4)8(11)12;1-3-8(4-2)6-5-7;1-4(2)3/h9,16H,5-8H2,1-4H3,(H,15,19);3,10H,1-2H3;1-3H,4H2,(H,10,11);3,9H,1-2H3,(H,11,12);3-7H2,1-2H3;. The predicted molar refractivity (Wildman–Crippen MR) is 260 cm³/mol. The zero-order chi connectivity index (χ0) is 50.8. The lowest BCUT2D eigenvalue weighted by molar-refractivity contribution is -0.115. The van der Waals surface area contributed by atoms with Gasteiger partial charge in [-0.15, -0.1) is 0 Å². The number of anilines is 1. The van der Waals surface area contributed by atoms with Crippen LogP contribution < -0.4 is 16.4 Å². The Kier molecular flexibility index (Phi) is 29.4. The van der Waals surface area contributed by atoms with Crippen molar-refractivity contribution < 1.29 is 47.3 Å². The first-order valence-electron chi connectivity index (χ1n) is 20.6. The Hall–Kier alpha value is -5.02. The van der Waals surface area contributed by atoms with Gasteiger partial charge in [-0.25, -0.2) is 13.4 Å². The third-order valence-electron chi connectivity index (χ3n) is 10.1. The molecule has 8 N–H and O–H groups in total. The molecule has 0 spiro atoms. The van der Waals surface area contributed by atoms with Crippen molar-refractivity contribution in [1.82, 2.24) is 30.1 Å². The van der Waals surface area contributed by atoms with Gasteiger partial charge >= 0.3 is 5.97 Å². The molecular formula is C44H62Cl3FN8O9S. The lowest BCUT2D eigenvalue weighted by atomic mass is 10.1. The Morgan fingerprint density at radius 1 is 0.773 bits per heavy atom. The van der Waals surface area contributed by atoms with Crippen LogP contribution in [0.4, 0.5) is 10.1 Å². The number of halogens is 4. The Bertz CT molecular complexity index is 2200. The van der Waals surface area contributed by atoms with E-state index < -0.39 is 20.4 Å². The molecule has 66 heavy (non-hydrogen) atoms. The van der Waals surface area contributed by atoms with Gasteiger partial charge in [0.15, 0.2) is 18.9 Å². The number of rotatable bonds is 15. The third kappa shape index (κ3) is 20.2. The first kappa shape index (κ1) is 61.0. The number of hydrogen-bond acceptors (Lipinski definition) is 11. The molecule has 0 bridgehead atoms. The number of aromatic nitrogens is 3. The summed E-state index contributed by atoms with van der Waals surface area (Å²) in [6, 6.07) is 4.30. The molecule has 4 heterocycles. The minimum Gasteiger partial charge on any atom is -0.478 e. The van der Waals surface area contributed by atoms with Gasteiger partial charge in [0.25, 0.3) is 11.1 Å². The molecule has 17 nitrogen and oxygen atoms in total. The highest BCUT2D eigenvalue weighted by atomic mass is 36.0. The van der Waals surface area contributed by atoms with Crippen molar-refractivity contribution in [2.24, 2.45) is 5.73 Å². The van der Waals surface area contributed by atoms with E-state index in [0.717, 1.165) is 69.0 Å². The van der Waals surface area contributed by atoms with Crippen molar-refractivity contribution in [2.75, 3.05) is 57.7 Å². The number of carboxylic acids is 1. The van der Waals surface area contributed by atoms with Crippen molar-refractivity contribution in [2.45, 2.75) is 75.7 Å². The number of nitrogens with zero attached hydrogens (tertiary/aromatic N) is 2. The van der Waals surface area contributed by atoms with Crippen LogP contribution in [-0.4, -0.2) is 128 Å². The molecule has 22 heteroatoms. The van der Waals surface area contributed by atoms with Gasteiger partial charge in [-0.05, 0) is 120 Å². The summed E-state index contributed by atoms with van der Waals surface area (Å²) in [5.74, 6) is -1.48. The SMILES string of the molecule is CCN(CC)CCN.CCN(CC)CCNC(=O)c1c(C)[nH]c(C=O)c1C.Cc1[nH]c(C=O)c(C)c1C(=O)Cl.Cc1[nH]c(C=O)c(C)c1C(=O)O.O=C1Cc2cc(F)ccc2N1.O=S(Cl)Cl. The maximum absolute atomic E-state index is 12.5. The van der Waals surface area contributed by atoms with Gasteiger partial charge < -0.3 is 46.2 Å². The van der Waals surface area contributed by atoms with E-state index in [1.165, 1.54) is 12.1 Å². The van der Waals surface area contributed by atoms with E-state index in [9.17, 15) is 38.0 Å². The highest BCUT2D eigenvalue weighted by Gasteiger charge is 2.19. The fourth-order valence-electron chi connectivity index (χ4n) is 6.51. The molecule has 5 rings (SSSR count). The number of hydrogen-bond donors (Lipinski definition) is 7. The lowest BCUT2D eigenvalue weighted by Crippen LogP contribution is -2.35. The van der Waals surface area contributed by atoms with Crippen LogP contribution in [0.25, 0.3) is 0 Å². The normalized spacial score (nSPS) is 10.9. The number of fused-ring (bicyclic) bond motifs is 1. The van der Waals surface area contributed by atoms with Crippen molar-refractivity contribution in [1.29, 1.82) is 0 Å². The van der Waals surface area contributed by atoms with E-state index in [-0.39, 0.29) is 23.2 Å². The molecule has 1 aromatic carbocycles. The van der Waals surface area contributed by atoms with Gasteiger partial charge in [0.1, 0.15) is 5.82 Å². The molecule has 2 amide bonds. The average molecular weight is 1000 g/mol. The molecule has 366 valence electrons. The molecule has 0 saturated carbocycles. The number of carbonyl (C=O) groups excluding carboxylic acids is 6. The number of aromatic amines is 3. The molecule has 0 saturated heterocycles. The second-order valence-corrected chi connectivity index (χ2v) is 17.1. The second kappa shape index (κ2) is 31.8. The van der Waals surface area contributed by atoms with E-state index >= 15 is 0 Å². The summed E-state index contributed by atoms with van der Waals surface area (Å²) in [7, 11) is 7.36. The van der Waals surface area contributed by atoms with E-state index in [1.54, 1.807) is 47.6 Å². The van der Waals surface area contributed by atoms with Crippen LogP contribution in [0, 0.1) is 47.4 Å². The fourth-order valence-corrected chi connectivity index (χ4v) is 6.79. The Morgan fingerprint density at radius 3 is 1.53 bits per heavy atom. The number of nitrogens with one attached hydrogen (secondary N) is 5. The van der Waals surface area contributed by atoms with Crippen molar-refractivity contribution in [3.8, 4) is 0 Å². The number of nitrogens with two attached hydrogens (primary N) is 1. The number of aryl methyl sites for hydroxylation is 3. The summed E-state index contributed by atoms with van der Waals surface area (Å²) < 4.78 is 21.6. The van der Waals surface area contributed by atoms with Crippen LogP contribution in [0.15, 0.2) is 18.2 Å². The number of aldehydes is 3. The van der Waals surface area contributed by atoms with Gasteiger partial charge in [-0.3, -0.25) is 28.8 Å². The first-order valence-corrected chi connectivity index (χ1v) is 23.8. The molecule has 0 unspecified atom stereocenters. The summed E-state index contributed by atoms with van der Waals surface area (Å²) >= 11 is 5.31. The average Bonchev–Trinajstić information content (AvgIpc) is 3.96. The summed E-state index contributed by atoms with van der Waals surface area (Å²) in [4.78, 5) is 89.0. The summed E-state index contributed by atoms with van der Waals surface area (Å²) in [6.07, 6.45) is 2.34. The topological polar surface area (TPSA) is 261 Å². The van der Waals surface area contributed by atoms with Crippen LogP contribution >= 0.6 is 33.0 Å². The predicted octanol–water partition coefficient (Wildman–Crippen LogP) is 7.13. The second-order valence-electron chi connectivity index (χ2n) is 14.2. The lowest BCUT2D eigenvalue weighted by Gasteiger charge is -2.18. The van der Waals surface area contributed by atoms with Crippen LogP contribution in [-0.2, 0) is 20.4 Å². The summed E-state index contributed by atoms with van der Waals surface area (Å²) in [5.41, 5.74) is 12.9. The van der Waals surface area contributed by atoms with E-state index in [2.05, 4.69) is 84.4 Å². The van der Waals surface area contributed by atoms with Crippen molar-refractivity contribution in [3.05, 3.63) is 97.1 Å². The van der Waals surface area contributed by atoms with Crippen LogP contribution in [0.3, 0.4) is 0 Å². The maximum atomic E-state index is 12.5. The van der Waals surface area contributed by atoms with Gasteiger partial charge in [0.05, 0.1) is 40.2 Å². The van der Waals surface area contributed by atoms with Gasteiger partial charge in [0.2, 0.25) is 15.1 Å². The Morgan fingerprint density at radius 2 is 1.18 bits per heavy atom. The largest absolute Gasteiger partial charge is 0.478 e. The maximum Gasteiger partial charge on any atom is 0.337 e. The molecule has 0 radical (unpaired) electrons. The van der Waals surface area contributed by atoms with Crippen molar-refractivity contribution in [3.63, 3.8) is 0 Å². The number of carbonyl (C=O) groups is 7. The van der Waals surface area contributed by atoms with E-state index in [1.807, 2.05) is 0 Å². The van der Waals surface area contributed by atoms with Gasteiger partial charge in [-0.1, -0.05) is 27.7 Å². The zero-order valence-corrected chi connectivity index (χ0v) is 42.0. The molecule has 3 aromatic heterocycles. The highest BCUT2D eigenvalue weighted by Crippen LogP contribution is 2.23. The molecule has 0 atom stereocenters. The third-order valence-corrected chi connectivity index (χ3v) is 10.2. The van der Waals surface area contributed by atoms with E-state index in [4.69, 9.17) is 26.7 Å². The van der Waals surface area contributed by atoms with Crippen LogP contribution in [0.5, 0.6) is 0 Å². The molecule has 0 fully saturated rings. The molecule has 4 aromatic rings. The van der Waals surface area contributed by atoms with Crippen LogP contribution in [0.1, 0.15) is 130 Å². The monoisotopic (exact) mass is 1000 g/mol. The number of H-pyrrole nitrogens is 3. The summed E-state index contributed by atoms with van der Waals surface area (Å²) in [6.45, 7) is 26.2. The molecule has 1 aliphatic rings. The summed E-state index contributed by atoms with van der Waals surface area (Å²) in [5, 5.41) is 13.7. The minimum absolute atomic E-state index is 0.0643. The first-order chi connectivity index (χ1) is 31.0. The minimum atomic E-state index is -1.67. The van der Waals surface area contributed by atoms with E-state index in [0.29, 0.717) is 81.8 Å². The van der Waals surface area contributed by atoms with Gasteiger partial charge in [-0.2, -0.15) is 0 Å². The number of carboxylic acid groups (broad SMARTS) is 1. The quantitative estimate of drug-likeness (QED) is 0.0464. The smallest absolute Gasteiger partial charge is 0.337 e. The molecular weight excluding hydrogens is 942 g/mol. The number of likely N-dealkylation sites (N-methyl/N-ethyl adjacent to an activating group) is 2. The molecule has 1 aliphatic heterocycles. The fraction of sp³-hybridized carbons (Fsp3) is 0.432. The number of amides is 2. The van der Waals surface area contributed by atoms with Crippen LogP contribution in [0.2, 0.25) is 0 Å². The Labute approximate surface area is 401 Å². The van der Waals surface area contributed by atoms with Gasteiger partial charge in [0, 0.05) is 70.3 Å². The van der Waals surface area contributed by atoms with Crippen molar-refractivity contribution >= 4 is 89.8 Å². The molecule has 0 aliphatic carbocycles. The highest BCUT2D eigenvalue weighted by molar-refractivity contribution is 8.26. The number of benzene rings is 1. The zero-order valence-electron chi connectivity index (χ0n) is 38.9.